The Balaban J connectivity index is 1.37. The molecule has 3 nitrogen and oxygen atoms in total. The lowest BCUT2D eigenvalue weighted by Gasteiger charge is -2.49. The summed E-state index contributed by atoms with van der Waals surface area (Å²) in [5, 5.41) is 0. The van der Waals surface area contributed by atoms with Crippen LogP contribution < -0.4 is 9.47 Å². The highest BCUT2D eigenvalue weighted by atomic mass is 16.5. The quantitative estimate of drug-likeness (QED) is 0.338. The number of ether oxygens (including phenoxy) is 2. The van der Waals surface area contributed by atoms with Gasteiger partial charge in [-0.05, 0) is 48.6 Å². The standard InChI is InChI=1S/C37H31NO2/c1-36(27-9-3-2-4-10-27)20-17-31-35(24-36)40-33-14-8-6-12-29(33)37(31)28-11-5-7-13-32(28)39-34-23-26(15-16-30(34)37)25-18-21-38-22-19-25/h2-14,17-18,20-23,25H,15-16,19,24H2,1H3. The fourth-order valence-corrected chi connectivity index (χ4v) is 7.41. The van der Waals surface area contributed by atoms with Crippen molar-refractivity contribution in [3.63, 3.8) is 0 Å². The molecule has 0 fully saturated rings. The van der Waals surface area contributed by atoms with E-state index in [4.69, 9.17) is 9.47 Å². The van der Waals surface area contributed by atoms with Crippen molar-refractivity contribution in [1.82, 2.24) is 0 Å². The minimum Gasteiger partial charge on any atom is -0.461 e. The zero-order chi connectivity index (χ0) is 26.7. The van der Waals surface area contributed by atoms with Crippen molar-refractivity contribution in [2.45, 2.75) is 43.4 Å². The highest BCUT2D eigenvalue weighted by Gasteiger charge is 2.53. The molecule has 0 amide bonds. The van der Waals surface area contributed by atoms with Crippen molar-refractivity contribution in [3.8, 4) is 11.5 Å². The molecule has 3 heteroatoms. The van der Waals surface area contributed by atoms with Crippen LogP contribution in [0.1, 0.15) is 49.3 Å². The third-order valence-corrected chi connectivity index (χ3v) is 9.39. The second-order valence-electron chi connectivity index (χ2n) is 11.7. The van der Waals surface area contributed by atoms with Gasteiger partial charge in [-0.3, -0.25) is 4.99 Å². The van der Waals surface area contributed by atoms with E-state index in [0.29, 0.717) is 5.92 Å². The molecule has 3 unspecified atom stereocenters. The van der Waals surface area contributed by atoms with E-state index in [-0.39, 0.29) is 5.41 Å². The number of hydrogen-bond acceptors (Lipinski definition) is 3. The van der Waals surface area contributed by atoms with Crippen LogP contribution in [0.2, 0.25) is 0 Å². The Kier molecular flexibility index (Phi) is 5.19. The first-order valence-electron chi connectivity index (χ1n) is 14.3. The number of aliphatic imine (C=N–C) groups is 1. The van der Waals surface area contributed by atoms with Gasteiger partial charge in [-0.25, -0.2) is 0 Å². The van der Waals surface area contributed by atoms with Crippen molar-refractivity contribution >= 4 is 6.21 Å². The van der Waals surface area contributed by atoms with E-state index in [1.807, 2.05) is 12.4 Å². The molecular weight excluding hydrogens is 490 g/mol. The summed E-state index contributed by atoms with van der Waals surface area (Å²) >= 11 is 0. The Morgan fingerprint density at radius 1 is 0.825 bits per heavy atom. The molecule has 3 heterocycles. The number of hydrogen-bond donors (Lipinski definition) is 0. The van der Waals surface area contributed by atoms with Crippen LogP contribution in [0.15, 0.2) is 143 Å². The zero-order valence-corrected chi connectivity index (χ0v) is 22.6. The first-order chi connectivity index (χ1) is 19.7. The van der Waals surface area contributed by atoms with E-state index in [1.54, 1.807) is 0 Å². The molecule has 196 valence electrons. The van der Waals surface area contributed by atoms with Gasteiger partial charge < -0.3 is 9.47 Å². The summed E-state index contributed by atoms with van der Waals surface area (Å²) in [4.78, 5) is 4.30. The van der Waals surface area contributed by atoms with Crippen molar-refractivity contribution < 1.29 is 9.47 Å². The van der Waals surface area contributed by atoms with Crippen molar-refractivity contribution in [3.05, 3.63) is 154 Å². The molecule has 3 aromatic rings. The zero-order valence-electron chi connectivity index (χ0n) is 22.6. The molecule has 0 bridgehead atoms. The van der Waals surface area contributed by atoms with Crippen LogP contribution in [0.4, 0.5) is 0 Å². The van der Waals surface area contributed by atoms with Gasteiger partial charge in [0.2, 0.25) is 0 Å². The van der Waals surface area contributed by atoms with Crippen LogP contribution in [0.3, 0.4) is 0 Å². The molecule has 3 aromatic carbocycles. The molecule has 0 N–H and O–H groups in total. The lowest BCUT2D eigenvalue weighted by atomic mass is 9.57. The smallest absolute Gasteiger partial charge is 0.132 e. The van der Waals surface area contributed by atoms with E-state index in [0.717, 1.165) is 48.7 Å². The van der Waals surface area contributed by atoms with Crippen molar-refractivity contribution in [1.29, 1.82) is 0 Å². The highest BCUT2D eigenvalue weighted by molar-refractivity contribution is 5.73. The summed E-state index contributed by atoms with van der Waals surface area (Å²) in [7, 11) is 0. The van der Waals surface area contributed by atoms with Crippen LogP contribution in [0.25, 0.3) is 0 Å². The minimum absolute atomic E-state index is 0.149. The van der Waals surface area contributed by atoms with E-state index >= 15 is 0 Å². The van der Waals surface area contributed by atoms with Gasteiger partial charge in [0.1, 0.15) is 23.0 Å². The molecule has 0 saturated heterocycles. The summed E-state index contributed by atoms with van der Waals surface area (Å²) in [5.41, 5.74) is 7.08. The summed E-state index contributed by atoms with van der Waals surface area (Å²) in [6.45, 7) is 2.32. The summed E-state index contributed by atoms with van der Waals surface area (Å²) in [6, 6.07) is 28.0. The Morgan fingerprint density at radius 3 is 2.30 bits per heavy atom. The van der Waals surface area contributed by atoms with Crippen LogP contribution >= 0.6 is 0 Å². The monoisotopic (exact) mass is 521 g/mol. The average molecular weight is 522 g/mol. The molecule has 8 rings (SSSR count). The van der Waals surface area contributed by atoms with Gasteiger partial charge in [0.25, 0.3) is 0 Å². The van der Waals surface area contributed by atoms with Crippen LogP contribution in [0.5, 0.6) is 11.5 Å². The minimum atomic E-state index is -0.464. The van der Waals surface area contributed by atoms with Gasteiger partial charge in [0.15, 0.2) is 0 Å². The summed E-state index contributed by atoms with van der Waals surface area (Å²) in [5.74, 6) is 4.28. The highest BCUT2D eigenvalue weighted by Crippen LogP contribution is 2.61. The molecule has 3 aliphatic heterocycles. The number of benzene rings is 3. The molecule has 0 saturated carbocycles. The Hall–Kier alpha value is -4.37. The van der Waals surface area contributed by atoms with E-state index in [1.165, 1.54) is 33.4 Å². The van der Waals surface area contributed by atoms with Gasteiger partial charge in [-0.15, -0.1) is 0 Å². The van der Waals surface area contributed by atoms with Crippen molar-refractivity contribution in [2.24, 2.45) is 10.9 Å². The second-order valence-corrected chi connectivity index (χ2v) is 11.7. The number of para-hydroxylation sites is 2. The fraction of sp³-hybridized carbons (Fsp3) is 0.216. The lowest BCUT2D eigenvalue weighted by Crippen LogP contribution is -2.43. The number of fused-ring (bicyclic) bond motifs is 6. The van der Waals surface area contributed by atoms with E-state index in [9.17, 15) is 0 Å². The molecule has 2 aliphatic carbocycles. The normalized spacial score (nSPS) is 27.7. The number of nitrogens with zero attached hydrogens (tertiary/aromatic N) is 1. The van der Waals surface area contributed by atoms with Gasteiger partial charge in [-0.1, -0.05) is 97.5 Å². The molecule has 0 radical (unpaired) electrons. The summed E-state index contributed by atoms with van der Waals surface area (Å²) < 4.78 is 13.6. The van der Waals surface area contributed by atoms with E-state index < -0.39 is 5.41 Å². The first-order valence-corrected chi connectivity index (χ1v) is 14.3. The summed E-state index contributed by atoms with van der Waals surface area (Å²) in [6.07, 6.45) is 16.9. The van der Waals surface area contributed by atoms with Crippen LogP contribution in [-0.4, -0.2) is 6.21 Å². The van der Waals surface area contributed by atoms with Gasteiger partial charge in [0.05, 0.1) is 5.41 Å². The molecular formula is C37H31NO2. The molecule has 5 aliphatic rings. The van der Waals surface area contributed by atoms with Crippen LogP contribution in [0, 0.1) is 5.92 Å². The predicted octanol–water partition coefficient (Wildman–Crippen LogP) is 8.51. The van der Waals surface area contributed by atoms with Gasteiger partial charge >= 0.3 is 0 Å². The molecule has 40 heavy (non-hydrogen) atoms. The lowest BCUT2D eigenvalue weighted by molar-refractivity contribution is 0.317. The first kappa shape index (κ1) is 23.5. The maximum absolute atomic E-state index is 6.82. The number of allylic oxidation sites excluding steroid dienone is 8. The van der Waals surface area contributed by atoms with E-state index in [2.05, 4.69) is 115 Å². The SMILES string of the molecule is CC1(c2ccccc2)C=CC2=C(C1)Oc1ccccc1C21C2=C(C=C(C3C=CN=CC3)CC2)Oc2ccccc21. The molecule has 3 atom stereocenters. The third kappa shape index (κ3) is 3.33. The largest absolute Gasteiger partial charge is 0.461 e. The maximum atomic E-state index is 6.82. The molecule has 1 spiro atoms. The predicted molar refractivity (Wildman–Crippen MR) is 160 cm³/mol. The Morgan fingerprint density at radius 2 is 1.55 bits per heavy atom. The molecule has 0 aromatic heterocycles. The van der Waals surface area contributed by atoms with Gasteiger partial charge in [-0.2, -0.15) is 0 Å². The average Bonchev–Trinajstić information content (AvgIpc) is 3.01. The third-order valence-electron chi connectivity index (χ3n) is 9.39. The Bertz CT molecular complexity index is 1710. The maximum Gasteiger partial charge on any atom is 0.132 e. The number of rotatable bonds is 2. The fourth-order valence-electron chi connectivity index (χ4n) is 7.41. The Labute approximate surface area is 235 Å². The van der Waals surface area contributed by atoms with Gasteiger partial charge in [0, 0.05) is 46.9 Å². The van der Waals surface area contributed by atoms with Crippen LogP contribution in [-0.2, 0) is 10.8 Å². The van der Waals surface area contributed by atoms with Crippen molar-refractivity contribution in [2.75, 3.05) is 0 Å². The topological polar surface area (TPSA) is 30.8 Å². The second kappa shape index (κ2) is 8.82.